The fourth-order valence-corrected chi connectivity index (χ4v) is 4.42. The van der Waals surface area contributed by atoms with E-state index in [4.69, 9.17) is 0 Å². The molecule has 20 heavy (non-hydrogen) atoms. The molecule has 0 bridgehead atoms. The van der Waals surface area contributed by atoms with Crippen molar-refractivity contribution in [1.29, 1.82) is 0 Å². The lowest BCUT2D eigenvalue weighted by Crippen LogP contribution is -2.27. The average Bonchev–Trinajstić information content (AvgIpc) is 2.83. The largest absolute Gasteiger partial charge is 0.374 e. The van der Waals surface area contributed by atoms with Crippen molar-refractivity contribution in [3.05, 3.63) is 16.2 Å². The topological polar surface area (TPSA) is 118 Å². The van der Waals surface area contributed by atoms with Crippen molar-refractivity contribution in [2.75, 3.05) is 30.4 Å². The molecule has 0 radical (unpaired) electrons. The van der Waals surface area contributed by atoms with Gasteiger partial charge >= 0.3 is 5.69 Å². The van der Waals surface area contributed by atoms with Crippen molar-refractivity contribution >= 4 is 42.8 Å². The molecule has 0 saturated heterocycles. The first kappa shape index (κ1) is 17.0. The maximum absolute atomic E-state index is 12.0. The van der Waals surface area contributed by atoms with Gasteiger partial charge in [0.25, 0.3) is 0 Å². The second-order valence-corrected chi connectivity index (χ2v) is 8.53. The minimum Gasteiger partial charge on any atom is -0.374 e. The van der Waals surface area contributed by atoms with Gasteiger partial charge in [-0.15, -0.1) is 0 Å². The Kier molecular flexibility index (Phi) is 6.05. The summed E-state index contributed by atoms with van der Waals surface area (Å²) in [6.45, 7) is 1.77. The van der Waals surface area contributed by atoms with E-state index >= 15 is 0 Å². The molecule has 0 fully saturated rings. The van der Waals surface area contributed by atoms with Crippen LogP contribution in [-0.4, -0.2) is 42.6 Å². The fourth-order valence-electron chi connectivity index (χ4n) is 1.31. The Bertz CT molecular complexity index is 610. The summed E-state index contributed by atoms with van der Waals surface area (Å²) in [6, 6.07) is 1.01. The predicted octanol–water partition coefficient (Wildman–Crippen LogP) is 0.745. The van der Waals surface area contributed by atoms with Gasteiger partial charge in [0.1, 0.15) is 4.21 Å². The van der Waals surface area contributed by atoms with E-state index in [1.807, 2.05) is 0 Å². The van der Waals surface area contributed by atoms with Crippen LogP contribution in [0.15, 0.2) is 10.3 Å². The summed E-state index contributed by atoms with van der Waals surface area (Å²) >= 11 is 0.780. The van der Waals surface area contributed by atoms with Gasteiger partial charge in [-0.25, -0.2) is 13.1 Å². The van der Waals surface area contributed by atoms with Crippen molar-refractivity contribution in [2.24, 2.45) is 0 Å². The highest BCUT2D eigenvalue weighted by atomic mass is 32.2. The van der Waals surface area contributed by atoms with Gasteiger partial charge in [0.2, 0.25) is 10.0 Å². The maximum atomic E-state index is 12.0. The lowest BCUT2D eigenvalue weighted by Gasteiger charge is -2.03. The van der Waals surface area contributed by atoms with E-state index in [0.29, 0.717) is 5.75 Å². The molecule has 1 heterocycles. The van der Waals surface area contributed by atoms with Crippen LogP contribution in [0.4, 0.5) is 10.7 Å². The first-order valence-corrected chi connectivity index (χ1v) is 9.41. The molecule has 0 amide bonds. The van der Waals surface area contributed by atoms with Gasteiger partial charge in [0.15, 0.2) is 5.00 Å². The van der Waals surface area contributed by atoms with E-state index in [-0.39, 0.29) is 27.2 Å². The van der Waals surface area contributed by atoms with Crippen LogP contribution in [0.25, 0.3) is 0 Å². The van der Waals surface area contributed by atoms with E-state index in [1.165, 1.54) is 7.05 Å². The number of rotatable bonds is 8. The molecule has 1 aromatic rings. The van der Waals surface area contributed by atoms with Gasteiger partial charge in [0.05, 0.1) is 4.92 Å². The molecule has 1 rings (SSSR count). The Morgan fingerprint density at radius 2 is 2.15 bits per heavy atom. The molecule has 0 aliphatic heterocycles. The number of nitro groups is 1. The molecule has 0 spiro atoms. The van der Waals surface area contributed by atoms with E-state index in [1.54, 1.807) is 6.92 Å². The molecule has 1 unspecified atom stereocenters. The minimum absolute atomic E-state index is 0.0311. The highest BCUT2D eigenvalue weighted by Crippen LogP contribution is 2.36. The summed E-state index contributed by atoms with van der Waals surface area (Å²) in [4.78, 5) is 10.1. The molecule has 114 valence electrons. The minimum atomic E-state index is -3.82. The van der Waals surface area contributed by atoms with Crippen molar-refractivity contribution in [1.82, 2.24) is 4.72 Å². The average molecular weight is 341 g/mol. The zero-order chi connectivity index (χ0) is 15.3. The second kappa shape index (κ2) is 7.11. The monoisotopic (exact) mass is 341 g/mol. The molecule has 8 nitrogen and oxygen atoms in total. The zero-order valence-electron chi connectivity index (χ0n) is 10.9. The normalized spacial score (nSPS) is 13.1. The van der Waals surface area contributed by atoms with Gasteiger partial charge < -0.3 is 5.32 Å². The molecule has 0 aliphatic rings. The zero-order valence-corrected chi connectivity index (χ0v) is 13.4. The molecule has 1 atom stereocenters. The standard InChI is InChI=1S/C9H15N3O5S3/c1-3-19(15)5-4-11-20(16,17)8-6-7(12(13)14)9(10-2)18-8/h6,10-11H,3-5H2,1-2H3. The van der Waals surface area contributed by atoms with Gasteiger partial charge in [-0.1, -0.05) is 18.3 Å². The van der Waals surface area contributed by atoms with Crippen LogP contribution in [0, 0.1) is 10.1 Å². The van der Waals surface area contributed by atoms with Crippen LogP contribution >= 0.6 is 11.3 Å². The summed E-state index contributed by atoms with van der Waals surface area (Å²) in [7, 11) is -3.41. The first-order valence-electron chi connectivity index (χ1n) is 5.62. The van der Waals surface area contributed by atoms with Crippen LogP contribution in [-0.2, 0) is 20.8 Å². The van der Waals surface area contributed by atoms with Crippen molar-refractivity contribution in [3.63, 3.8) is 0 Å². The summed E-state index contributed by atoms with van der Waals surface area (Å²) in [5.41, 5.74) is -0.282. The number of nitrogens with one attached hydrogen (secondary N) is 2. The summed E-state index contributed by atoms with van der Waals surface area (Å²) in [6.07, 6.45) is 0. The smallest absolute Gasteiger partial charge is 0.304 e. The summed E-state index contributed by atoms with van der Waals surface area (Å²) in [5.74, 6) is 0.665. The first-order chi connectivity index (χ1) is 9.31. The number of anilines is 1. The van der Waals surface area contributed by atoms with Gasteiger partial charge in [0, 0.05) is 42.0 Å². The van der Waals surface area contributed by atoms with E-state index in [2.05, 4.69) is 10.0 Å². The van der Waals surface area contributed by atoms with Crippen LogP contribution < -0.4 is 10.0 Å². The van der Waals surface area contributed by atoms with Crippen LogP contribution in [0.2, 0.25) is 0 Å². The third-order valence-electron chi connectivity index (χ3n) is 2.32. The molecular weight excluding hydrogens is 326 g/mol. The molecule has 2 N–H and O–H groups in total. The lowest BCUT2D eigenvalue weighted by atomic mass is 10.5. The molecule has 0 aromatic carbocycles. The molecule has 11 heteroatoms. The third kappa shape index (κ3) is 4.23. The summed E-state index contributed by atoms with van der Waals surface area (Å²) < 4.78 is 37.3. The Hall–Kier alpha value is -1.04. The van der Waals surface area contributed by atoms with Gasteiger partial charge in [-0.2, -0.15) is 0 Å². The number of nitrogens with zero attached hydrogens (tertiary/aromatic N) is 1. The van der Waals surface area contributed by atoms with Crippen LogP contribution in [0.5, 0.6) is 0 Å². The Morgan fingerprint density at radius 1 is 1.50 bits per heavy atom. The quantitative estimate of drug-likeness (QED) is 0.532. The van der Waals surface area contributed by atoms with Crippen molar-refractivity contribution in [3.8, 4) is 0 Å². The second-order valence-electron chi connectivity index (χ2n) is 3.62. The third-order valence-corrected chi connectivity index (χ3v) is 6.70. The van der Waals surface area contributed by atoms with E-state index < -0.39 is 25.7 Å². The highest BCUT2D eigenvalue weighted by Gasteiger charge is 2.25. The maximum Gasteiger partial charge on any atom is 0.304 e. The molecular formula is C9H15N3O5S3. The molecule has 1 aromatic heterocycles. The molecule has 0 aliphatic carbocycles. The van der Waals surface area contributed by atoms with E-state index in [0.717, 1.165) is 17.4 Å². The Morgan fingerprint density at radius 3 is 2.60 bits per heavy atom. The van der Waals surface area contributed by atoms with E-state index in [9.17, 15) is 22.7 Å². The SMILES string of the molecule is CCS(=O)CCNS(=O)(=O)c1cc([N+](=O)[O-])c(NC)s1. The Labute approximate surface area is 123 Å². The van der Waals surface area contributed by atoms with Crippen molar-refractivity contribution < 1.29 is 17.6 Å². The fraction of sp³-hybridized carbons (Fsp3) is 0.556. The number of thiophene rings is 1. The number of hydrogen-bond donors (Lipinski definition) is 2. The van der Waals surface area contributed by atoms with Gasteiger partial charge in [-0.05, 0) is 0 Å². The summed E-state index contributed by atoms with van der Waals surface area (Å²) in [5, 5.41) is 13.5. The predicted molar refractivity (Wildman–Crippen MR) is 79.3 cm³/mol. The molecule has 0 saturated carbocycles. The number of hydrogen-bond acceptors (Lipinski definition) is 7. The lowest BCUT2D eigenvalue weighted by molar-refractivity contribution is -0.383. The van der Waals surface area contributed by atoms with Crippen molar-refractivity contribution in [2.45, 2.75) is 11.1 Å². The van der Waals surface area contributed by atoms with Crippen LogP contribution in [0.3, 0.4) is 0 Å². The van der Waals surface area contributed by atoms with Gasteiger partial charge in [-0.3, -0.25) is 14.3 Å². The highest BCUT2D eigenvalue weighted by molar-refractivity contribution is 7.91. The Balaban J connectivity index is 2.87. The van der Waals surface area contributed by atoms with Crippen LogP contribution in [0.1, 0.15) is 6.92 Å². The number of sulfonamides is 1.